The summed E-state index contributed by atoms with van der Waals surface area (Å²) in [5, 5.41) is 2.78. The van der Waals surface area contributed by atoms with Gasteiger partial charge in [-0.3, -0.25) is 14.2 Å². The third kappa shape index (κ3) is 3.38. The highest BCUT2D eigenvalue weighted by Crippen LogP contribution is 2.17. The van der Waals surface area contributed by atoms with E-state index in [4.69, 9.17) is 4.42 Å². The maximum Gasteiger partial charge on any atom is 0.420 e. The van der Waals surface area contributed by atoms with Crippen molar-refractivity contribution in [2.45, 2.75) is 27.3 Å². The molecule has 0 radical (unpaired) electrons. The van der Waals surface area contributed by atoms with E-state index in [9.17, 15) is 14.4 Å². The van der Waals surface area contributed by atoms with E-state index in [0.29, 0.717) is 16.8 Å². The highest BCUT2D eigenvalue weighted by molar-refractivity contribution is 5.97. The number of amides is 1. The number of Topliss-reactive ketones (excluding diaryl/α,β-unsaturated/α-hetero) is 1. The van der Waals surface area contributed by atoms with Crippen LogP contribution in [0, 0.1) is 13.8 Å². The van der Waals surface area contributed by atoms with E-state index < -0.39 is 5.76 Å². The molecular weight excluding hydrogens is 320 g/mol. The Hall–Kier alpha value is -3.15. The lowest BCUT2D eigenvalue weighted by Gasteiger charge is -2.08. The number of rotatable bonds is 4. The quantitative estimate of drug-likeness (QED) is 0.741. The molecule has 0 spiro atoms. The van der Waals surface area contributed by atoms with Crippen LogP contribution < -0.4 is 11.1 Å². The number of carbonyl (C=O) groups is 2. The van der Waals surface area contributed by atoms with Crippen molar-refractivity contribution in [3.8, 4) is 0 Å². The van der Waals surface area contributed by atoms with Gasteiger partial charge < -0.3 is 9.73 Å². The average Bonchev–Trinajstić information content (AvgIpc) is 2.86. The smallest absolute Gasteiger partial charge is 0.408 e. The zero-order chi connectivity index (χ0) is 18.1. The van der Waals surface area contributed by atoms with E-state index in [1.54, 1.807) is 12.1 Å². The first-order chi connectivity index (χ1) is 11.8. The lowest BCUT2D eigenvalue weighted by Crippen LogP contribution is -2.24. The van der Waals surface area contributed by atoms with Crippen LogP contribution in [0.15, 0.2) is 45.6 Å². The van der Waals surface area contributed by atoms with Gasteiger partial charge in [-0.05, 0) is 62.2 Å². The molecule has 6 nitrogen and oxygen atoms in total. The van der Waals surface area contributed by atoms with Gasteiger partial charge in [0.15, 0.2) is 11.4 Å². The van der Waals surface area contributed by atoms with Crippen LogP contribution in [0.25, 0.3) is 11.1 Å². The maximum atomic E-state index is 12.3. The Labute approximate surface area is 144 Å². The monoisotopic (exact) mass is 338 g/mol. The number of anilines is 1. The number of nitrogens with zero attached hydrogens (tertiary/aromatic N) is 1. The Morgan fingerprint density at radius 1 is 1.08 bits per heavy atom. The Morgan fingerprint density at radius 2 is 1.84 bits per heavy atom. The van der Waals surface area contributed by atoms with Crippen LogP contribution in [-0.4, -0.2) is 16.3 Å². The number of aryl methyl sites for hydroxylation is 2. The van der Waals surface area contributed by atoms with E-state index in [-0.39, 0.29) is 23.8 Å². The molecule has 6 heteroatoms. The fraction of sp³-hybridized carbons (Fsp3) is 0.211. The second-order valence-electron chi connectivity index (χ2n) is 6.04. The first-order valence-electron chi connectivity index (χ1n) is 7.86. The van der Waals surface area contributed by atoms with Crippen molar-refractivity contribution in [3.05, 3.63) is 63.6 Å². The molecule has 2 aromatic carbocycles. The highest BCUT2D eigenvalue weighted by Gasteiger charge is 2.14. The first kappa shape index (κ1) is 16.7. The van der Waals surface area contributed by atoms with Crippen LogP contribution in [-0.2, 0) is 11.3 Å². The van der Waals surface area contributed by atoms with Crippen molar-refractivity contribution in [1.29, 1.82) is 0 Å². The number of hydrogen-bond donors (Lipinski definition) is 1. The van der Waals surface area contributed by atoms with Gasteiger partial charge in [-0.25, -0.2) is 4.79 Å². The number of benzene rings is 2. The van der Waals surface area contributed by atoms with Gasteiger partial charge in [0.1, 0.15) is 6.54 Å². The minimum atomic E-state index is -0.633. The molecule has 0 aliphatic rings. The molecule has 0 aliphatic heterocycles. The van der Waals surface area contributed by atoms with Crippen molar-refractivity contribution < 1.29 is 14.0 Å². The van der Waals surface area contributed by atoms with Crippen molar-refractivity contribution in [3.63, 3.8) is 0 Å². The summed E-state index contributed by atoms with van der Waals surface area (Å²) in [6, 6.07) is 10.3. The number of carbonyl (C=O) groups excluding carboxylic acids is 2. The molecule has 0 bridgehead atoms. The topological polar surface area (TPSA) is 81.3 Å². The highest BCUT2D eigenvalue weighted by atomic mass is 16.4. The molecule has 0 unspecified atom stereocenters. The van der Waals surface area contributed by atoms with Crippen LogP contribution >= 0.6 is 0 Å². The molecule has 3 rings (SSSR count). The minimum absolute atomic E-state index is 0.121. The lowest BCUT2D eigenvalue weighted by molar-refractivity contribution is -0.116. The largest absolute Gasteiger partial charge is 0.420 e. The van der Waals surface area contributed by atoms with Crippen molar-refractivity contribution in [2.75, 3.05) is 5.32 Å². The molecule has 0 atom stereocenters. The van der Waals surface area contributed by atoms with E-state index in [1.807, 2.05) is 32.0 Å². The van der Waals surface area contributed by atoms with E-state index in [2.05, 4.69) is 5.32 Å². The third-order valence-corrected chi connectivity index (χ3v) is 4.17. The molecule has 0 fully saturated rings. The van der Waals surface area contributed by atoms with Crippen LogP contribution in [0.1, 0.15) is 28.4 Å². The van der Waals surface area contributed by atoms with Crippen LogP contribution in [0.5, 0.6) is 0 Å². The van der Waals surface area contributed by atoms with Crippen molar-refractivity contribution >= 4 is 28.5 Å². The molecule has 128 valence electrons. The molecule has 0 saturated heterocycles. The molecule has 1 amide bonds. The standard InChI is InChI=1S/C19H18N2O4/c1-11-4-6-15(8-12(11)2)20-18(23)10-21-16-7-5-14(13(3)22)9-17(16)25-19(21)24/h4-9H,10H2,1-3H3,(H,20,23). The Morgan fingerprint density at radius 3 is 2.52 bits per heavy atom. The summed E-state index contributed by atoms with van der Waals surface area (Å²) in [5.74, 6) is -1.08. The SMILES string of the molecule is CC(=O)c1ccc2c(c1)oc(=O)n2CC(=O)Nc1ccc(C)c(C)c1. The molecule has 1 aromatic heterocycles. The van der Waals surface area contributed by atoms with E-state index in [1.165, 1.54) is 17.6 Å². The molecule has 0 aliphatic carbocycles. The Balaban J connectivity index is 1.85. The number of aromatic nitrogens is 1. The summed E-state index contributed by atoms with van der Waals surface area (Å²) < 4.78 is 6.40. The molecule has 3 aromatic rings. The van der Waals surface area contributed by atoms with Gasteiger partial charge in [-0.2, -0.15) is 0 Å². The number of hydrogen-bond acceptors (Lipinski definition) is 4. The van der Waals surface area contributed by atoms with Crippen LogP contribution in [0.2, 0.25) is 0 Å². The third-order valence-electron chi connectivity index (χ3n) is 4.17. The second-order valence-corrected chi connectivity index (χ2v) is 6.04. The van der Waals surface area contributed by atoms with Crippen LogP contribution in [0.4, 0.5) is 5.69 Å². The van der Waals surface area contributed by atoms with Gasteiger partial charge in [-0.15, -0.1) is 0 Å². The van der Waals surface area contributed by atoms with Crippen molar-refractivity contribution in [2.24, 2.45) is 0 Å². The summed E-state index contributed by atoms with van der Waals surface area (Å²) in [7, 11) is 0. The summed E-state index contributed by atoms with van der Waals surface area (Å²) in [6.45, 7) is 5.23. The van der Waals surface area contributed by atoms with Gasteiger partial charge in [-0.1, -0.05) is 6.07 Å². The fourth-order valence-electron chi connectivity index (χ4n) is 2.60. The number of fused-ring (bicyclic) bond motifs is 1. The van der Waals surface area contributed by atoms with Gasteiger partial charge >= 0.3 is 5.76 Å². The molecular formula is C19H18N2O4. The summed E-state index contributed by atoms with van der Waals surface area (Å²) in [5.41, 5.74) is 4.10. The number of ketones is 1. The Bertz CT molecular complexity index is 1040. The second kappa shape index (κ2) is 6.39. The number of oxazole rings is 1. The number of nitrogens with one attached hydrogen (secondary N) is 1. The van der Waals surface area contributed by atoms with Gasteiger partial charge in [0.25, 0.3) is 0 Å². The first-order valence-corrected chi connectivity index (χ1v) is 7.86. The predicted molar refractivity (Wildman–Crippen MR) is 95.0 cm³/mol. The Kier molecular flexibility index (Phi) is 4.27. The maximum absolute atomic E-state index is 12.3. The van der Waals surface area contributed by atoms with E-state index in [0.717, 1.165) is 11.1 Å². The van der Waals surface area contributed by atoms with Gasteiger partial charge in [0.05, 0.1) is 5.52 Å². The zero-order valence-electron chi connectivity index (χ0n) is 14.3. The average molecular weight is 338 g/mol. The molecule has 1 heterocycles. The minimum Gasteiger partial charge on any atom is -0.408 e. The van der Waals surface area contributed by atoms with Gasteiger partial charge in [0.2, 0.25) is 5.91 Å². The van der Waals surface area contributed by atoms with Gasteiger partial charge in [0, 0.05) is 11.3 Å². The van der Waals surface area contributed by atoms with E-state index >= 15 is 0 Å². The summed E-state index contributed by atoms with van der Waals surface area (Å²) >= 11 is 0. The van der Waals surface area contributed by atoms with Crippen LogP contribution in [0.3, 0.4) is 0 Å². The fourth-order valence-corrected chi connectivity index (χ4v) is 2.60. The molecule has 25 heavy (non-hydrogen) atoms. The zero-order valence-corrected chi connectivity index (χ0v) is 14.3. The molecule has 1 N–H and O–H groups in total. The summed E-state index contributed by atoms with van der Waals surface area (Å²) in [4.78, 5) is 35.7. The van der Waals surface area contributed by atoms with Crippen molar-refractivity contribution in [1.82, 2.24) is 4.57 Å². The predicted octanol–water partition coefficient (Wildman–Crippen LogP) is 3.05. The normalized spacial score (nSPS) is 10.8. The molecule has 0 saturated carbocycles. The summed E-state index contributed by atoms with van der Waals surface area (Å²) in [6.07, 6.45) is 0. The lowest BCUT2D eigenvalue weighted by atomic mass is 10.1.